The number of nitrogens with zero attached hydrogens (tertiary/aromatic N) is 1. The van der Waals surface area contributed by atoms with Gasteiger partial charge in [0, 0.05) is 16.0 Å². The topological polar surface area (TPSA) is 47.6 Å². The number of hydrogen-bond acceptors (Lipinski definition) is 2. The van der Waals surface area contributed by atoms with Crippen molar-refractivity contribution >= 4 is 21.8 Å². The quantitative estimate of drug-likeness (QED) is 0.265. The van der Waals surface area contributed by atoms with E-state index in [1.165, 1.54) is 25.3 Å². The smallest absolute Gasteiger partial charge is 0.129 e. The summed E-state index contributed by atoms with van der Waals surface area (Å²) >= 11 is 3.54. The van der Waals surface area contributed by atoms with E-state index in [9.17, 15) is 4.39 Å². The SMILES string of the molecule is C/C=C\Oc1ccc(Br)cc1CCC1C=C(F)C=CC=C1C(N)=NC1CCCCC1. The number of nitrogens with two attached hydrogens (primary N) is 1. The number of amidine groups is 1. The zero-order valence-corrected chi connectivity index (χ0v) is 19.1. The fourth-order valence-electron chi connectivity index (χ4n) is 4.01. The molecule has 0 saturated heterocycles. The monoisotopic (exact) mass is 472 g/mol. The number of ether oxygens (including phenoxy) is 1. The van der Waals surface area contributed by atoms with E-state index in [2.05, 4.69) is 22.0 Å². The van der Waals surface area contributed by atoms with Gasteiger partial charge in [-0.1, -0.05) is 53.4 Å². The second-order valence-electron chi connectivity index (χ2n) is 7.82. The van der Waals surface area contributed by atoms with E-state index in [1.807, 2.05) is 31.2 Å². The van der Waals surface area contributed by atoms with Crippen LogP contribution in [0.2, 0.25) is 0 Å². The molecule has 0 amide bonds. The van der Waals surface area contributed by atoms with Gasteiger partial charge in [0.25, 0.3) is 0 Å². The van der Waals surface area contributed by atoms with E-state index in [0.717, 1.165) is 40.6 Å². The normalized spacial score (nSPS) is 20.8. The van der Waals surface area contributed by atoms with Crippen LogP contribution in [0.5, 0.6) is 5.75 Å². The molecule has 3 nitrogen and oxygen atoms in total. The molecule has 1 aromatic rings. The molecule has 2 N–H and O–H groups in total. The Bertz CT molecular complexity index is 879. The molecule has 0 spiro atoms. The van der Waals surface area contributed by atoms with Gasteiger partial charge in [-0.05, 0) is 68.5 Å². The molecular weight excluding hydrogens is 443 g/mol. The van der Waals surface area contributed by atoms with Crippen LogP contribution in [0.1, 0.15) is 51.0 Å². The third-order valence-electron chi connectivity index (χ3n) is 5.56. The number of allylic oxidation sites excluding steroid dienone is 6. The van der Waals surface area contributed by atoms with E-state index in [0.29, 0.717) is 12.3 Å². The Morgan fingerprint density at radius 3 is 2.87 bits per heavy atom. The van der Waals surface area contributed by atoms with Gasteiger partial charge in [0.1, 0.15) is 17.4 Å². The Balaban J connectivity index is 1.79. The van der Waals surface area contributed by atoms with E-state index in [1.54, 1.807) is 18.4 Å². The summed E-state index contributed by atoms with van der Waals surface area (Å²) in [5.74, 6) is 0.973. The first-order valence-corrected chi connectivity index (χ1v) is 11.5. The summed E-state index contributed by atoms with van der Waals surface area (Å²) in [6.45, 7) is 1.91. The van der Waals surface area contributed by atoms with E-state index < -0.39 is 0 Å². The highest BCUT2D eigenvalue weighted by molar-refractivity contribution is 9.10. The average Bonchev–Trinajstić information content (AvgIpc) is 2.93. The molecule has 30 heavy (non-hydrogen) atoms. The van der Waals surface area contributed by atoms with Gasteiger partial charge >= 0.3 is 0 Å². The minimum Gasteiger partial charge on any atom is -0.465 e. The van der Waals surface area contributed by atoms with Crippen molar-refractivity contribution in [2.75, 3.05) is 0 Å². The van der Waals surface area contributed by atoms with Gasteiger partial charge in [-0.2, -0.15) is 0 Å². The van der Waals surface area contributed by atoms with Gasteiger partial charge in [0.2, 0.25) is 0 Å². The van der Waals surface area contributed by atoms with Crippen molar-refractivity contribution in [2.24, 2.45) is 16.6 Å². The van der Waals surface area contributed by atoms with Crippen molar-refractivity contribution < 1.29 is 9.13 Å². The van der Waals surface area contributed by atoms with Gasteiger partial charge in [0.05, 0.1) is 12.3 Å². The summed E-state index contributed by atoms with van der Waals surface area (Å²) < 4.78 is 21.0. The van der Waals surface area contributed by atoms with Crippen molar-refractivity contribution in [3.8, 4) is 5.75 Å². The van der Waals surface area contributed by atoms with Crippen molar-refractivity contribution in [2.45, 2.75) is 57.9 Å². The number of aliphatic imine (C=N–C) groups is 1. The maximum absolute atomic E-state index is 14.2. The standard InChI is InChI=1S/C25H30BrFN2O/c1-2-15-30-24-14-13-20(26)16-19(24)12-11-18-17-21(27)7-6-10-23(18)25(28)29-22-8-4-3-5-9-22/h2,6-7,10,13-18,22H,3-5,8-9,11-12H2,1H3,(H2,28,29)/b15-2-. The molecule has 2 aliphatic rings. The highest BCUT2D eigenvalue weighted by atomic mass is 79.9. The minimum absolute atomic E-state index is 0.138. The summed E-state index contributed by atoms with van der Waals surface area (Å²) in [7, 11) is 0. The highest BCUT2D eigenvalue weighted by Crippen LogP contribution is 2.30. The van der Waals surface area contributed by atoms with Crippen LogP contribution >= 0.6 is 15.9 Å². The molecule has 3 rings (SSSR count). The lowest BCUT2D eigenvalue weighted by Crippen LogP contribution is -2.24. The first-order chi connectivity index (χ1) is 14.6. The van der Waals surface area contributed by atoms with Gasteiger partial charge in [-0.25, -0.2) is 4.39 Å². The predicted octanol–water partition coefficient (Wildman–Crippen LogP) is 6.95. The maximum Gasteiger partial charge on any atom is 0.129 e. The zero-order chi connectivity index (χ0) is 21.3. The Labute approximate surface area is 187 Å². The molecule has 1 unspecified atom stereocenters. The fraction of sp³-hybridized carbons (Fsp3) is 0.400. The molecule has 0 radical (unpaired) electrons. The molecule has 2 aliphatic carbocycles. The third-order valence-corrected chi connectivity index (χ3v) is 6.05. The Morgan fingerprint density at radius 2 is 2.10 bits per heavy atom. The first-order valence-electron chi connectivity index (χ1n) is 10.7. The molecule has 1 saturated carbocycles. The summed E-state index contributed by atoms with van der Waals surface area (Å²) in [5.41, 5.74) is 8.39. The van der Waals surface area contributed by atoms with Crippen molar-refractivity contribution in [1.29, 1.82) is 0 Å². The molecule has 1 fully saturated rings. The van der Waals surface area contributed by atoms with Crippen molar-refractivity contribution in [1.82, 2.24) is 0 Å². The molecule has 0 aromatic heterocycles. The van der Waals surface area contributed by atoms with Gasteiger partial charge in [-0.3, -0.25) is 4.99 Å². The van der Waals surface area contributed by atoms with Crippen molar-refractivity contribution in [3.05, 3.63) is 76.3 Å². The summed E-state index contributed by atoms with van der Waals surface area (Å²) in [6, 6.07) is 6.24. The zero-order valence-electron chi connectivity index (χ0n) is 17.5. The van der Waals surface area contributed by atoms with Gasteiger partial charge in [0.15, 0.2) is 0 Å². The molecule has 1 atom stereocenters. The fourth-order valence-corrected chi connectivity index (χ4v) is 4.42. The Morgan fingerprint density at radius 1 is 1.30 bits per heavy atom. The first kappa shape index (κ1) is 22.5. The van der Waals surface area contributed by atoms with Crippen LogP contribution in [0, 0.1) is 5.92 Å². The van der Waals surface area contributed by atoms with Crippen LogP contribution < -0.4 is 10.5 Å². The lowest BCUT2D eigenvalue weighted by Gasteiger charge is -2.21. The largest absolute Gasteiger partial charge is 0.465 e. The number of rotatable bonds is 7. The van der Waals surface area contributed by atoms with Crippen LogP contribution in [-0.4, -0.2) is 11.9 Å². The summed E-state index contributed by atoms with van der Waals surface area (Å²) in [6.07, 6.45) is 17.6. The van der Waals surface area contributed by atoms with E-state index in [4.69, 9.17) is 15.5 Å². The second kappa shape index (κ2) is 11.3. The molecule has 0 aliphatic heterocycles. The number of halogens is 2. The average molecular weight is 473 g/mol. The summed E-state index contributed by atoms with van der Waals surface area (Å²) in [5, 5.41) is 0. The number of hydrogen-bond donors (Lipinski definition) is 1. The second-order valence-corrected chi connectivity index (χ2v) is 8.74. The molecular formula is C25H30BrFN2O. The van der Waals surface area contributed by atoms with Crippen LogP contribution in [0.25, 0.3) is 0 Å². The third kappa shape index (κ3) is 6.43. The van der Waals surface area contributed by atoms with Crippen LogP contribution in [0.15, 0.2) is 75.7 Å². The van der Waals surface area contributed by atoms with E-state index in [-0.39, 0.29) is 17.8 Å². The molecule has 5 heteroatoms. The van der Waals surface area contributed by atoms with E-state index >= 15 is 0 Å². The van der Waals surface area contributed by atoms with Gasteiger partial charge in [-0.15, -0.1) is 0 Å². The molecule has 160 valence electrons. The molecule has 1 aromatic carbocycles. The number of benzene rings is 1. The Kier molecular flexibility index (Phi) is 8.50. The lowest BCUT2D eigenvalue weighted by atomic mass is 9.90. The summed E-state index contributed by atoms with van der Waals surface area (Å²) in [4.78, 5) is 4.80. The number of aryl methyl sites for hydroxylation is 1. The van der Waals surface area contributed by atoms with Crippen LogP contribution in [0.4, 0.5) is 4.39 Å². The van der Waals surface area contributed by atoms with Gasteiger partial charge < -0.3 is 10.5 Å². The van der Waals surface area contributed by atoms with Crippen molar-refractivity contribution in [3.63, 3.8) is 0 Å². The van der Waals surface area contributed by atoms with Crippen LogP contribution in [0.3, 0.4) is 0 Å². The maximum atomic E-state index is 14.2. The Hall–Kier alpha value is -2.14. The predicted molar refractivity (Wildman–Crippen MR) is 126 cm³/mol. The molecule has 0 heterocycles. The molecule has 0 bridgehead atoms. The van der Waals surface area contributed by atoms with Crippen LogP contribution in [-0.2, 0) is 6.42 Å². The minimum atomic E-state index is -0.239. The highest BCUT2D eigenvalue weighted by Gasteiger charge is 2.20. The lowest BCUT2D eigenvalue weighted by molar-refractivity contribution is 0.443.